The molecule has 23 heavy (non-hydrogen) atoms. The SMILES string of the molecule is Cc1cccc(C(=O)N2CCCN(C(=O)C3CNC3)CC2)c1.Cl. The molecular formula is C17H24ClN3O2. The Labute approximate surface area is 143 Å². The topological polar surface area (TPSA) is 52.7 Å². The molecule has 1 aromatic carbocycles. The van der Waals surface area contributed by atoms with Crippen LogP contribution in [0.4, 0.5) is 0 Å². The van der Waals surface area contributed by atoms with Crippen LogP contribution < -0.4 is 5.32 Å². The first kappa shape index (κ1) is 17.8. The van der Waals surface area contributed by atoms with Gasteiger partial charge in [0.05, 0.1) is 5.92 Å². The van der Waals surface area contributed by atoms with Crippen molar-refractivity contribution < 1.29 is 9.59 Å². The zero-order valence-electron chi connectivity index (χ0n) is 13.5. The van der Waals surface area contributed by atoms with Gasteiger partial charge >= 0.3 is 0 Å². The maximum atomic E-state index is 12.6. The molecule has 0 radical (unpaired) electrons. The number of benzene rings is 1. The average Bonchev–Trinajstić information content (AvgIpc) is 2.70. The van der Waals surface area contributed by atoms with Crippen LogP contribution in [-0.2, 0) is 4.79 Å². The summed E-state index contributed by atoms with van der Waals surface area (Å²) in [5, 5.41) is 3.14. The van der Waals surface area contributed by atoms with Gasteiger partial charge in [0.1, 0.15) is 0 Å². The minimum atomic E-state index is 0. The maximum absolute atomic E-state index is 12.6. The number of rotatable bonds is 2. The molecule has 2 heterocycles. The maximum Gasteiger partial charge on any atom is 0.253 e. The van der Waals surface area contributed by atoms with E-state index >= 15 is 0 Å². The standard InChI is InChI=1S/C17H23N3O2.ClH/c1-13-4-2-5-14(10-13)16(21)19-6-3-7-20(9-8-19)17(22)15-11-18-12-15;/h2,4-5,10,15,18H,3,6-9,11-12H2,1H3;1H. The van der Waals surface area contributed by atoms with Crippen molar-refractivity contribution in [1.29, 1.82) is 0 Å². The lowest BCUT2D eigenvalue weighted by molar-refractivity contribution is -0.136. The van der Waals surface area contributed by atoms with Gasteiger partial charge < -0.3 is 15.1 Å². The van der Waals surface area contributed by atoms with E-state index < -0.39 is 0 Å². The predicted octanol–water partition coefficient (Wildman–Crippen LogP) is 1.31. The Hall–Kier alpha value is -1.59. The van der Waals surface area contributed by atoms with Crippen molar-refractivity contribution in [2.24, 2.45) is 5.92 Å². The zero-order chi connectivity index (χ0) is 15.5. The quantitative estimate of drug-likeness (QED) is 0.885. The molecule has 2 aliphatic heterocycles. The Morgan fingerprint density at radius 1 is 1.09 bits per heavy atom. The Kier molecular flexibility index (Phi) is 6.02. The minimum Gasteiger partial charge on any atom is -0.341 e. The molecule has 0 spiro atoms. The molecule has 2 aliphatic rings. The predicted molar refractivity (Wildman–Crippen MR) is 91.9 cm³/mol. The highest BCUT2D eigenvalue weighted by atomic mass is 35.5. The van der Waals surface area contributed by atoms with E-state index in [4.69, 9.17) is 0 Å². The van der Waals surface area contributed by atoms with Gasteiger partial charge in [-0.2, -0.15) is 0 Å². The third kappa shape index (κ3) is 4.03. The second-order valence-electron chi connectivity index (χ2n) is 6.20. The Bertz CT molecular complexity index is 575. The van der Waals surface area contributed by atoms with Gasteiger partial charge in [-0.25, -0.2) is 0 Å². The molecule has 3 rings (SSSR count). The highest BCUT2D eigenvalue weighted by Crippen LogP contribution is 2.14. The molecule has 2 fully saturated rings. The molecule has 0 aliphatic carbocycles. The summed E-state index contributed by atoms with van der Waals surface area (Å²) in [6, 6.07) is 7.70. The fourth-order valence-electron chi connectivity index (χ4n) is 3.02. The fraction of sp³-hybridized carbons (Fsp3) is 0.529. The Morgan fingerprint density at radius 2 is 1.78 bits per heavy atom. The van der Waals surface area contributed by atoms with Crippen molar-refractivity contribution in [3.63, 3.8) is 0 Å². The molecule has 1 N–H and O–H groups in total. The van der Waals surface area contributed by atoms with Gasteiger partial charge in [-0.1, -0.05) is 17.7 Å². The van der Waals surface area contributed by atoms with Crippen LogP contribution >= 0.6 is 12.4 Å². The van der Waals surface area contributed by atoms with Crippen LogP contribution in [0.2, 0.25) is 0 Å². The summed E-state index contributed by atoms with van der Waals surface area (Å²) in [5.74, 6) is 0.450. The summed E-state index contributed by atoms with van der Waals surface area (Å²) in [4.78, 5) is 28.7. The number of carbonyl (C=O) groups excluding carboxylic acids is 2. The van der Waals surface area contributed by atoms with Crippen molar-refractivity contribution >= 4 is 24.2 Å². The van der Waals surface area contributed by atoms with Crippen LogP contribution in [0.15, 0.2) is 24.3 Å². The number of halogens is 1. The second kappa shape index (κ2) is 7.79. The summed E-state index contributed by atoms with van der Waals surface area (Å²) in [6.45, 7) is 6.33. The average molecular weight is 338 g/mol. The fourth-order valence-corrected chi connectivity index (χ4v) is 3.02. The van der Waals surface area contributed by atoms with E-state index in [0.717, 1.165) is 43.7 Å². The van der Waals surface area contributed by atoms with E-state index in [-0.39, 0.29) is 30.1 Å². The van der Waals surface area contributed by atoms with Gasteiger partial charge in [0.2, 0.25) is 5.91 Å². The Balaban J connectivity index is 0.00000192. The van der Waals surface area contributed by atoms with Crippen LogP contribution in [0.1, 0.15) is 22.3 Å². The molecule has 0 saturated carbocycles. The van der Waals surface area contributed by atoms with E-state index in [1.165, 1.54) is 0 Å². The number of amides is 2. The third-order valence-electron chi connectivity index (χ3n) is 4.49. The lowest BCUT2D eigenvalue weighted by Crippen LogP contribution is -2.52. The van der Waals surface area contributed by atoms with E-state index in [9.17, 15) is 9.59 Å². The van der Waals surface area contributed by atoms with Crippen molar-refractivity contribution in [1.82, 2.24) is 15.1 Å². The molecule has 6 heteroatoms. The molecule has 0 bridgehead atoms. The number of nitrogens with zero attached hydrogens (tertiary/aromatic N) is 2. The molecule has 2 amide bonds. The normalized spacial score (nSPS) is 18.7. The minimum absolute atomic E-state index is 0. The third-order valence-corrected chi connectivity index (χ3v) is 4.49. The van der Waals surface area contributed by atoms with Crippen molar-refractivity contribution in [3.05, 3.63) is 35.4 Å². The first-order valence-electron chi connectivity index (χ1n) is 8.00. The largest absolute Gasteiger partial charge is 0.341 e. The second-order valence-corrected chi connectivity index (χ2v) is 6.20. The number of hydrogen-bond acceptors (Lipinski definition) is 3. The van der Waals surface area contributed by atoms with Gasteiger partial charge in [0.25, 0.3) is 5.91 Å². The van der Waals surface area contributed by atoms with Crippen molar-refractivity contribution in [2.75, 3.05) is 39.3 Å². The molecule has 126 valence electrons. The number of carbonyl (C=O) groups is 2. The van der Waals surface area contributed by atoms with Crippen molar-refractivity contribution in [2.45, 2.75) is 13.3 Å². The summed E-state index contributed by atoms with van der Waals surface area (Å²) in [5.41, 5.74) is 1.83. The number of hydrogen-bond donors (Lipinski definition) is 1. The van der Waals surface area contributed by atoms with Crippen LogP contribution in [0, 0.1) is 12.8 Å². The van der Waals surface area contributed by atoms with E-state index in [1.54, 1.807) is 0 Å². The lowest BCUT2D eigenvalue weighted by Gasteiger charge is -2.31. The van der Waals surface area contributed by atoms with Crippen LogP contribution in [0.25, 0.3) is 0 Å². The first-order valence-corrected chi connectivity index (χ1v) is 8.00. The van der Waals surface area contributed by atoms with Crippen LogP contribution in [-0.4, -0.2) is 60.9 Å². The monoisotopic (exact) mass is 337 g/mol. The highest BCUT2D eigenvalue weighted by Gasteiger charge is 2.30. The number of aryl methyl sites for hydroxylation is 1. The molecule has 0 atom stereocenters. The first-order chi connectivity index (χ1) is 10.6. The Morgan fingerprint density at radius 3 is 2.43 bits per heavy atom. The summed E-state index contributed by atoms with van der Waals surface area (Å²) in [7, 11) is 0. The van der Waals surface area contributed by atoms with Gasteiger partial charge in [-0.3, -0.25) is 9.59 Å². The van der Waals surface area contributed by atoms with Gasteiger partial charge in [0.15, 0.2) is 0 Å². The smallest absolute Gasteiger partial charge is 0.253 e. The molecule has 5 nitrogen and oxygen atoms in total. The molecule has 0 aromatic heterocycles. The van der Waals surface area contributed by atoms with E-state index in [2.05, 4.69) is 5.32 Å². The molecular weight excluding hydrogens is 314 g/mol. The van der Waals surface area contributed by atoms with Crippen LogP contribution in [0.3, 0.4) is 0 Å². The van der Waals surface area contributed by atoms with Crippen molar-refractivity contribution in [3.8, 4) is 0 Å². The summed E-state index contributed by atoms with van der Waals surface area (Å²) < 4.78 is 0. The lowest BCUT2D eigenvalue weighted by atomic mass is 10.0. The molecule has 0 unspecified atom stereocenters. The zero-order valence-corrected chi connectivity index (χ0v) is 14.3. The highest BCUT2D eigenvalue weighted by molar-refractivity contribution is 5.94. The number of nitrogens with one attached hydrogen (secondary N) is 1. The summed E-state index contributed by atoms with van der Waals surface area (Å²) >= 11 is 0. The molecule has 1 aromatic rings. The van der Waals surface area contributed by atoms with Gasteiger partial charge in [-0.05, 0) is 25.5 Å². The molecule has 2 saturated heterocycles. The van der Waals surface area contributed by atoms with Gasteiger partial charge in [-0.15, -0.1) is 12.4 Å². The van der Waals surface area contributed by atoms with Crippen LogP contribution in [0.5, 0.6) is 0 Å². The van der Waals surface area contributed by atoms with Gasteiger partial charge in [0, 0.05) is 44.8 Å². The summed E-state index contributed by atoms with van der Waals surface area (Å²) in [6.07, 6.45) is 0.851. The van der Waals surface area contributed by atoms with E-state index in [1.807, 2.05) is 41.0 Å². The van der Waals surface area contributed by atoms with E-state index in [0.29, 0.717) is 13.1 Å².